The second kappa shape index (κ2) is 20.6. The van der Waals surface area contributed by atoms with Crippen molar-refractivity contribution in [3.8, 4) is 0 Å². The molecule has 0 saturated heterocycles. The Bertz CT molecular complexity index is 946. The first-order chi connectivity index (χ1) is 24.9. The van der Waals surface area contributed by atoms with E-state index >= 15 is 0 Å². The van der Waals surface area contributed by atoms with Crippen LogP contribution >= 0.6 is 0 Å². The topological polar surface area (TPSA) is 96.2 Å². The highest BCUT2D eigenvalue weighted by Crippen LogP contribution is 2.48. The van der Waals surface area contributed by atoms with Crippen LogP contribution in [0.5, 0.6) is 0 Å². The molecule has 296 valence electrons. The van der Waals surface area contributed by atoms with Gasteiger partial charge in [0.15, 0.2) is 0 Å². The number of rotatable bonds is 15. The van der Waals surface area contributed by atoms with Crippen molar-refractivity contribution < 1.29 is 20.4 Å². The monoisotopic (exact) mass is 715 g/mol. The maximum Gasteiger partial charge on any atom is 0.111 e. The smallest absolute Gasteiger partial charge is 0.111 e. The Morgan fingerprint density at radius 2 is 1.06 bits per heavy atom. The Balaban J connectivity index is 1.35. The summed E-state index contributed by atoms with van der Waals surface area (Å²) in [4.78, 5) is 2.45. The SMILES string of the molecule is CC1CCCC(C(C2CCCCC2)C(O)N(CCNCC2CCCCC2O)C(C(O)C(C2CCCCC2)C2CCCCC2)C2CCCCC2O)C1. The number of aliphatic hydroxyl groups is 4. The first-order valence-electron chi connectivity index (χ1n) is 23.1. The Morgan fingerprint density at radius 1 is 0.549 bits per heavy atom. The van der Waals surface area contributed by atoms with Crippen LogP contribution < -0.4 is 5.32 Å². The van der Waals surface area contributed by atoms with Gasteiger partial charge in [0.1, 0.15) is 6.23 Å². The standard InChI is InChI=1S/C45H82N2O4/c1-32-16-15-24-36(30-32)42(35-21-9-4-10-22-35)45(51)47(29-28-46-31-37-23-11-13-26-39(37)48)43(38-25-12-14-27-40(38)49)44(50)41(33-17-5-2-6-18-33)34-19-7-3-8-20-34/h32-46,48-51H,2-31H2,1H3. The lowest BCUT2D eigenvalue weighted by molar-refractivity contribution is -0.165. The highest BCUT2D eigenvalue weighted by Gasteiger charge is 2.50. The van der Waals surface area contributed by atoms with E-state index in [1.807, 2.05) is 0 Å². The Hall–Kier alpha value is -0.240. The summed E-state index contributed by atoms with van der Waals surface area (Å²) in [6.45, 7) is 4.70. The third-order valence-electron chi connectivity index (χ3n) is 16.0. The number of hydrogen-bond donors (Lipinski definition) is 5. The minimum atomic E-state index is -0.599. The van der Waals surface area contributed by atoms with E-state index in [0.717, 1.165) is 58.0 Å². The Kier molecular flexibility index (Phi) is 16.3. The van der Waals surface area contributed by atoms with E-state index in [9.17, 15) is 20.4 Å². The van der Waals surface area contributed by atoms with Crippen LogP contribution in [-0.4, -0.2) is 75.5 Å². The maximum atomic E-state index is 13.3. The zero-order valence-electron chi connectivity index (χ0n) is 33.0. The van der Waals surface area contributed by atoms with E-state index < -0.39 is 18.4 Å². The molecule has 6 fully saturated rings. The first-order valence-corrected chi connectivity index (χ1v) is 23.1. The van der Waals surface area contributed by atoms with E-state index in [0.29, 0.717) is 42.1 Å². The summed E-state index contributed by atoms with van der Waals surface area (Å²) in [6, 6.07) is -0.224. The largest absolute Gasteiger partial charge is 0.393 e. The van der Waals surface area contributed by atoms with Gasteiger partial charge in [0.25, 0.3) is 0 Å². The van der Waals surface area contributed by atoms with Gasteiger partial charge in [0.2, 0.25) is 0 Å². The van der Waals surface area contributed by atoms with Crippen molar-refractivity contribution in [3.63, 3.8) is 0 Å². The lowest BCUT2D eigenvalue weighted by Gasteiger charge is -2.53. The second-order valence-corrected chi connectivity index (χ2v) is 19.3. The predicted molar refractivity (Wildman–Crippen MR) is 209 cm³/mol. The number of aliphatic hydroxyl groups excluding tert-OH is 4. The molecule has 0 bridgehead atoms. The van der Waals surface area contributed by atoms with Gasteiger partial charge >= 0.3 is 0 Å². The molecule has 6 saturated carbocycles. The van der Waals surface area contributed by atoms with Crippen LogP contribution in [0.2, 0.25) is 0 Å². The molecule has 0 heterocycles. The molecule has 0 spiro atoms. The van der Waals surface area contributed by atoms with E-state index in [2.05, 4.69) is 17.1 Å². The molecule has 0 aromatic carbocycles. The number of hydrogen-bond acceptors (Lipinski definition) is 6. The third kappa shape index (κ3) is 10.7. The van der Waals surface area contributed by atoms with Crippen LogP contribution in [0, 0.1) is 53.3 Å². The molecule has 0 amide bonds. The lowest BCUT2D eigenvalue weighted by Crippen LogP contribution is -2.62. The van der Waals surface area contributed by atoms with Crippen molar-refractivity contribution in [2.24, 2.45) is 53.3 Å². The summed E-state index contributed by atoms with van der Waals surface area (Å²) < 4.78 is 0. The van der Waals surface area contributed by atoms with Crippen LogP contribution in [-0.2, 0) is 0 Å². The quantitative estimate of drug-likeness (QED) is 0.0860. The Labute approximate surface area is 313 Å². The van der Waals surface area contributed by atoms with Gasteiger partial charge in [0, 0.05) is 37.5 Å². The summed E-state index contributed by atoms with van der Waals surface area (Å²) in [5.41, 5.74) is 0. The molecule has 6 heteroatoms. The minimum absolute atomic E-state index is 0.00414. The van der Waals surface area contributed by atoms with Gasteiger partial charge in [-0.05, 0) is 73.5 Å². The van der Waals surface area contributed by atoms with Gasteiger partial charge in [-0.15, -0.1) is 0 Å². The van der Waals surface area contributed by atoms with Gasteiger partial charge in [-0.2, -0.15) is 0 Å². The molecule has 0 aliphatic heterocycles. The predicted octanol–water partition coefficient (Wildman–Crippen LogP) is 8.83. The van der Waals surface area contributed by atoms with Crippen LogP contribution in [0.3, 0.4) is 0 Å². The fourth-order valence-electron chi connectivity index (χ4n) is 13.3. The fourth-order valence-corrected chi connectivity index (χ4v) is 13.3. The van der Waals surface area contributed by atoms with Gasteiger partial charge in [0.05, 0.1) is 18.3 Å². The van der Waals surface area contributed by atoms with Crippen molar-refractivity contribution in [2.75, 3.05) is 19.6 Å². The van der Waals surface area contributed by atoms with Crippen LogP contribution in [0.4, 0.5) is 0 Å². The first kappa shape index (κ1) is 40.4. The van der Waals surface area contributed by atoms with E-state index in [1.165, 1.54) is 128 Å². The molecule has 0 aromatic heterocycles. The molecule has 0 radical (unpaired) electrons. The van der Waals surface area contributed by atoms with E-state index in [4.69, 9.17) is 0 Å². The van der Waals surface area contributed by atoms with Crippen molar-refractivity contribution >= 4 is 0 Å². The molecular formula is C45H82N2O4. The van der Waals surface area contributed by atoms with Gasteiger partial charge < -0.3 is 25.7 Å². The van der Waals surface area contributed by atoms with Gasteiger partial charge in [-0.25, -0.2) is 0 Å². The molecule has 10 atom stereocenters. The molecule has 10 unspecified atom stereocenters. The van der Waals surface area contributed by atoms with E-state index in [-0.39, 0.29) is 29.9 Å². The molecule has 6 rings (SSSR count). The average Bonchev–Trinajstić information content (AvgIpc) is 3.15. The fraction of sp³-hybridized carbons (Fsp3) is 1.00. The van der Waals surface area contributed by atoms with Crippen molar-refractivity contribution in [1.82, 2.24) is 10.2 Å². The zero-order chi connectivity index (χ0) is 35.6. The molecule has 6 nitrogen and oxygen atoms in total. The van der Waals surface area contributed by atoms with Crippen LogP contribution in [0.1, 0.15) is 180 Å². The zero-order valence-corrected chi connectivity index (χ0v) is 33.0. The average molecular weight is 715 g/mol. The van der Waals surface area contributed by atoms with E-state index in [1.54, 1.807) is 0 Å². The molecule has 5 N–H and O–H groups in total. The van der Waals surface area contributed by atoms with Crippen LogP contribution in [0.25, 0.3) is 0 Å². The Morgan fingerprint density at radius 3 is 1.63 bits per heavy atom. The summed E-state index contributed by atoms with van der Waals surface area (Å²) >= 11 is 0. The van der Waals surface area contributed by atoms with Crippen molar-refractivity contribution in [2.45, 2.75) is 211 Å². The van der Waals surface area contributed by atoms with Crippen molar-refractivity contribution in [1.29, 1.82) is 0 Å². The summed E-state index contributed by atoms with van der Waals surface area (Å²) in [5, 5.41) is 53.0. The molecule has 6 aliphatic carbocycles. The molecule has 0 aromatic rings. The van der Waals surface area contributed by atoms with Crippen molar-refractivity contribution in [3.05, 3.63) is 0 Å². The molecule has 6 aliphatic rings. The summed E-state index contributed by atoms with van der Waals surface area (Å²) in [7, 11) is 0. The second-order valence-electron chi connectivity index (χ2n) is 19.3. The third-order valence-corrected chi connectivity index (χ3v) is 16.0. The van der Waals surface area contributed by atoms with Gasteiger partial charge in [-0.3, -0.25) is 4.90 Å². The van der Waals surface area contributed by atoms with Crippen LogP contribution in [0.15, 0.2) is 0 Å². The highest BCUT2D eigenvalue weighted by molar-refractivity contribution is 5.00. The molecular weight excluding hydrogens is 633 g/mol. The number of nitrogens with one attached hydrogen (secondary N) is 1. The molecule has 51 heavy (non-hydrogen) atoms. The normalized spacial score (nSPS) is 35.1. The lowest BCUT2D eigenvalue weighted by atomic mass is 9.63. The minimum Gasteiger partial charge on any atom is -0.393 e. The number of nitrogens with zero attached hydrogens (tertiary/aromatic N) is 1. The maximum absolute atomic E-state index is 13.3. The summed E-state index contributed by atoms with van der Waals surface area (Å²) in [5.74, 6) is 3.67. The highest BCUT2D eigenvalue weighted by atomic mass is 16.3. The summed E-state index contributed by atoms with van der Waals surface area (Å²) in [6.07, 6.45) is 30.6. The van der Waals surface area contributed by atoms with Gasteiger partial charge in [-0.1, -0.05) is 148 Å².